The Bertz CT molecular complexity index is 3320. The van der Waals surface area contributed by atoms with Gasteiger partial charge in [-0.1, -0.05) is 0 Å². The third kappa shape index (κ3) is 17.8. The van der Waals surface area contributed by atoms with E-state index in [1.54, 1.807) is 24.0 Å². The molecule has 2 saturated carbocycles. The molecule has 0 bridgehead atoms. The smallest absolute Gasteiger partial charge is 0.416 e. The van der Waals surface area contributed by atoms with Crippen molar-refractivity contribution in [2.45, 2.75) is 161 Å². The number of rotatable bonds is 20. The van der Waals surface area contributed by atoms with Gasteiger partial charge in [0.25, 0.3) is 0 Å². The van der Waals surface area contributed by atoms with Crippen molar-refractivity contribution in [3.63, 3.8) is 0 Å². The summed E-state index contributed by atoms with van der Waals surface area (Å²) in [6.07, 6.45) is -14.3. The number of hydrogen-bond acceptors (Lipinski definition) is 15. The van der Waals surface area contributed by atoms with E-state index in [-0.39, 0.29) is 55.4 Å². The van der Waals surface area contributed by atoms with Crippen LogP contribution in [0.5, 0.6) is 0 Å². The molecule has 2 saturated heterocycles. The van der Waals surface area contributed by atoms with Gasteiger partial charge in [-0.3, -0.25) is 19.4 Å². The Balaban J connectivity index is 0.000000237. The number of nitrogens with zero attached hydrogens (tertiary/aromatic N) is 9. The van der Waals surface area contributed by atoms with Crippen LogP contribution in [0.1, 0.15) is 156 Å². The molecule has 2 aliphatic carbocycles. The summed E-state index contributed by atoms with van der Waals surface area (Å²) in [5.74, 6) is 0.981. The van der Waals surface area contributed by atoms with Gasteiger partial charge in [0.1, 0.15) is 39.6 Å². The molecule has 502 valence electrons. The molecule has 5 heterocycles. The van der Waals surface area contributed by atoms with Crippen molar-refractivity contribution in [1.82, 2.24) is 34.7 Å². The molecular weight excluding hydrogens is 1330 g/mol. The Hall–Kier alpha value is -7.05. The quantitative estimate of drug-likeness (QED) is 0.0439. The number of carboxylic acids is 1. The van der Waals surface area contributed by atoms with E-state index < -0.39 is 101 Å². The van der Waals surface area contributed by atoms with Crippen LogP contribution in [0.3, 0.4) is 0 Å². The monoisotopic (exact) mass is 1390 g/mol. The Morgan fingerprint density at radius 3 is 1.38 bits per heavy atom. The van der Waals surface area contributed by atoms with Crippen molar-refractivity contribution in [2.24, 2.45) is 23.7 Å². The first-order chi connectivity index (χ1) is 43.2. The maximum Gasteiger partial charge on any atom is 0.416 e. The van der Waals surface area contributed by atoms with Crippen LogP contribution in [0.4, 0.5) is 73.9 Å². The van der Waals surface area contributed by atoms with Crippen LogP contribution in [0, 0.1) is 23.7 Å². The Kier molecular flexibility index (Phi) is 22.7. The van der Waals surface area contributed by atoms with Crippen molar-refractivity contribution in [3.8, 4) is 11.4 Å². The Morgan fingerprint density at radius 1 is 0.598 bits per heavy atom. The molecule has 0 radical (unpaired) electrons. The second kappa shape index (κ2) is 29.5. The molecule has 92 heavy (non-hydrogen) atoms. The molecule has 2 unspecified atom stereocenters. The minimum Gasteiger partial charge on any atom is -0.481 e. The molecule has 3 aromatic heterocycles. The second-order valence-electron chi connectivity index (χ2n) is 23.3. The van der Waals surface area contributed by atoms with E-state index in [0.717, 1.165) is 51.4 Å². The number of ether oxygens (including phenoxy) is 3. The largest absolute Gasteiger partial charge is 0.481 e. The third-order valence-corrected chi connectivity index (χ3v) is 18.1. The topological polar surface area (TPSA) is 194 Å². The van der Waals surface area contributed by atoms with Crippen molar-refractivity contribution in [1.29, 1.82) is 0 Å². The van der Waals surface area contributed by atoms with Gasteiger partial charge in [-0.15, -0.1) is 11.3 Å². The molecule has 4 aliphatic rings. The number of cyclic esters (lactones) is 2. The highest BCUT2D eigenvalue weighted by Gasteiger charge is 2.46. The first-order valence-electron chi connectivity index (χ1n) is 29.9. The van der Waals surface area contributed by atoms with E-state index in [1.165, 1.54) is 41.2 Å². The molecule has 1 N–H and O–H groups in total. The number of halogens is 13. The number of carbonyl (C=O) groups is 4. The summed E-state index contributed by atoms with van der Waals surface area (Å²) in [6, 6.07) is 0.515. The zero-order valence-electron chi connectivity index (χ0n) is 50.6. The lowest BCUT2D eigenvalue weighted by atomic mass is 9.80. The fourth-order valence-corrected chi connectivity index (χ4v) is 13.1. The number of aliphatic carboxylic acids is 1. The fourth-order valence-electron chi connectivity index (χ4n) is 12.2. The van der Waals surface area contributed by atoms with E-state index in [2.05, 4.69) is 30.9 Å². The molecule has 4 fully saturated rings. The van der Waals surface area contributed by atoms with Crippen LogP contribution < -0.4 is 9.80 Å². The number of carbonyl (C=O) groups excluding carboxylic acids is 3. The van der Waals surface area contributed by atoms with Crippen LogP contribution in [0.25, 0.3) is 11.4 Å². The van der Waals surface area contributed by atoms with Gasteiger partial charge in [0.2, 0.25) is 0 Å². The number of anilines is 2. The number of amides is 2. The molecule has 4 atom stereocenters. The minimum absolute atomic E-state index is 0.0342. The molecule has 0 spiro atoms. The second-order valence-corrected chi connectivity index (χ2v) is 24.9. The van der Waals surface area contributed by atoms with Crippen molar-refractivity contribution in [2.75, 3.05) is 42.6 Å². The summed E-state index contributed by atoms with van der Waals surface area (Å²) in [5.41, 5.74) is -3.43. The molecular formula is C61H68BrF12N9O8S. The predicted octanol–water partition coefficient (Wildman–Crippen LogP) is 15.8. The van der Waals surface area contributed by atoms with Gasteiger partial charge in [0.15, 0.2) is 11.6 Å². The van der Waals surface area contributed by atoms with Gasteiger partial charge in [-0.2, -0.15) is 52.7 Å². The summed E-state index contributed by atoms with van der Waals surface area (Å²) in [5, 5.41) is 10.9. The number of hydrogen-bond donors (Lipinski definition) is 1. The van der Waals surface area contributed by atoms with Crippen LogP contribution in [-0.4, -0.2) is 109 Å². The van der Waals surface area contributed by atoms with Crippen molar-refractivity contribution in [3.05, 3.63) is 109 Å². The summed E-state index contributed by atoms with van der Waals surface area (Å²) < 4.78 is 179. The summed E-state index contributed by atoms with van der Waals surface area (Å²) in [4.78, 5) is 78.6. The SMILES string of the molecule is CCN(CC1CCC(CC(=O)O)CC1)c1ncc(-c2cscn2)nc1CN1C(=O)OC(c2cc(C(F)(F)F)cc(C(F)(F)F)c2)[C@@H]1C.CCOC(=O)CC1CCC(CN(CC)c2ncc(Br)nc2CN2C(=O)OC(c3cc(C(F)(F)F)cc(C(F)(F)F)c3)[C@@H]2C)CC1. The van der Waals surface area contributed by atoms with Gasteiger partial charge in [-0.25, -0.2) is 34.5 Å². The molecule has 9 rings (SSSR count). The molecule has 2 amide bonds. The molecule has 2 aliphatic heterocycles. The van der Waals surface area contributed by atoms with Gasteiger partial charge in [-0.05, 0) is 173 Å². The summed E-state index contributed by atoms with van der Waals surface area (Å²) in [6.45, 7) is 11.1. The highest BCUT2D eigenvalue weighted by Crippen LogP contribution is 2.45. The van der Waals surface area contributed by atoms with E-state index in [0.29, 0.717) is 108 Å². The maximum absolute atomic E-state index is 13.6. The van der Waals surface area contributed by atoms with Gasteiger partial charge < -0.3 is 29.1 Å². The maximum atomic E-state index is 13.6. The molecule has 2 aromatic carbocycles. The average molecular weight is 1400 g/mol. The normalized spacial score (nSPS) is 22.2. The Labute approximate surface area is 534 Å². The molecule has 5 aromatic rings. The van der Waals surface area contributed by atoms with Gasteiger partial charge in [0, 0.05) is 44.4 Å². The number of aromatic nitrogens is 5. The molecule has 17 nitrogen and oxygen atoms in total. The minimum atomic E-state index is -5.05. The van der Waals surface area contributed by atoms with Crippen LogP contribution >= 0.6 is 27.3 Å². The van der Waals surface area contributed by atoms with Crippen LogP contribution in [-0.2, 0) is 61.6 Å². The predicted molar refractivity (Wildman–Crippen MR) is 314 cm³/mol. The highest BCUT2D eigenvalue weighted by molar-refractivity contribution is 9.10. The van der Waals surface area contributed by atoms with Crippen molar-refractivity contribution >= 4 is 63.0 Å². The summed E-state index contributed by atoms with van der Waals surface area (Å²) in [7, 11) is 0. The zero-order chi connectivity index (χ0) is 67.2. The van der Waals surface area contributed by atoms with Crippen molar-refractivity contribution < 1.29 is 91.2 Å². The third-order valence-electron chi connectivity index (χ3n) is 17.1. The first kappa shape index (κ1) is 70.8. The lowest BCUT2D eigenvalue weighted by molar-refractivity contribution is -0.145. The number of thiazole rings is 1. The lowest BCUT2D eigenvalue weighted by Gasteiger charge is -2.33. The molecule has 31 heteroatoms. The van der Waals surface area contributed by atoms with E-state index in [9.17, 15) is 71.9 Å². The van der Waals surface area contributed by atoms with Crippen LogP contribution in [0.15, 0.2) is 64.3 Å². The number of benzene rings is 2. The number of esters is 1. The van der Waals surface area contributed by atoms with E-state index in [4.69, 9.17) is 29.3 Å². The van der Waals surface area contributed by atoms with Crippen LogP contribution in [0.2, 0.25) is 0 Å². The fraction of sp³-hybridized carbons (Fsp3) is 0.557. The van der Waals surface area contributed by atoms with Gasteiger partial charge in [0.05, 0.1) is 71.9 Å². The first-order valence-corrected chi connectivity index (χ1v) is 31.6. The average Bonchev–Trinajstić information content (AvgIpc) is 1.48. The Morgan fingerprint density at radius 2 is 1.00 bits per heavy atom. The van der Waals surface area contributed by atoms with Gasteiger partial charge >= 0.3 is 48.8 Å². The van der Waals surface area contributed by atoms with E-state index in [1.807, 2.05) is 23.6 Å². The number of alkyl halides is 12. The van der Waals surface area contributed by atoms with E-state index >= 15 is 0 Å². The highest BCUT2D eigenvalue weighted by atomic mass is 79.9. The lowest BCUT2D eigenvalue weighted by Crippen LogP contribution is -2.36. The standard InChI is InChI=1S/C31H33F6N5O4S.C30H35BrF6N4O4/c1-3-41(13-19-6-4-18(5-7-19)8-26(43)44)28-24(40-23(12-38-28)25-15-47-16-39-25)14-42-17(2)27(46-29(42)45)20-9-21(30(32,33)34)11-22(10-20)31(35,36)37;1-4-40(15-19-8-6-18(7-9-19)10-25(42)44-5-2)27-23(39-24(31)14-38-27)16-41-17(3)26(45-28(41)43)20-11-21(29(32,33)34)13-22(12-20)30(35,36)37/h9-12,15-19,27H,3-8,13-14H2,1-2H3,(H,43,44);11-14,17-19,26H,4-10,15-16H2,1-3H3/t17-,18?,19?,27?;17-,18?,19?,26?/m00/s1. The number of carboxylic acid groups (broad SMARTS) is 1. The zero-order valence-corrected chi connectivity index (χ0v) is 53.0. The summed E-state index contributed by atoms with van der Waals surface area (Å²) >= 11 is 4.66.